The molecule has 6 heteroatoms. The molecular formula is C16H13ClFNO3. The summed E-state index contributed by atoms with van der Waals surface area (Å²) in [5.41, 5.74) is 0.663. The number of carbonyl (C=O) groups excluding carboxylic acids is 2. The van der Waals surface area contributed by atoms with Gasteiger partial charge in [0.15, 0.2) is 0 Å². The van der Waals surface area contributed by atoms with Crippen LogP contribution < -0.4 is 5.32 Å². The molecule has 0 aliphatic rings. The third-order valence-electron chi connectivity index (χ3n) is 2.97. The van der Waals surface area contributed by atoms with E-state index in [1.165, 1.54) is 37.4 Å². The highest BCUT2D eigenvalue weighted by Gasteiger charge is 2.15. The third-order valence-corrected chi connectivity index (χ3v) is 3.20. The highest BCUT2D eigenvalue weighted by atomic mass is 35.5. The van der Waals surface area contributed by atoms with Crippen molar-refractivity contribution < 1.29 is 18.7 Å². The molecule has 0 saturated heterocycles. The van der Waals surface area contributed by atoms with Gasteiger partial charge in [-0.05, 0) is 29.8 Å². The fourth-order valence-corrected chi connectivity index (χ4v) is 2.09. The van der Waals surface area contributed by atoms with E-state index < -0.39 is 17.7 Å². The number of amides is 1. The first-order valence-electron chi connectivity index (χ1n) is 6.42. The molecule has 0 aliphatic heterocycles. The van der Waals surface area contributed by atoms with Crippen LogP contribution in [0.15, 0.2) is 42.5 Å². The molecule has 0 aromatic heterocycles. The quantitative estimate of drug-likeness (QED) is 0.878. The van der Waals surface area contributed by atoms with Gasteiger partial charge in [-0.1, -0.05) is 29.8 Å². The van der Waals surface area contributed by atoms with Gasteiger partial charge in [0.1, 0.15) is 5.82 Å². The first kappa shape index (κ1) is 16.0. The molecule has 2 rings (SSSR count). The summed E-state index contributed by atoms with van der Waals surface area (Å²) < 4.78 is 18.2. The molecule has 0 heterocycles. The lowest BCUT2D eigenvalue weighted by Crippen LogP contribution is -2.17. The van der Waals surface area contributed by atoms with Gasteiger partial charge in [0.25, 0.3) is 0 Å². The van der Waals surface area contributed by atoms with E-state index in [-0.39, 0.29) is 23.2 Å². The van der Waals surface area contributed by atoms with Crippen molar-refractivity contribution in [3.8, 4) is 0 Å². The summed E-state index contributed by atoms with van der Waals surface area (Å²) >= 11 is 5.87. The number of halogens is 2. The maximum atomic E-state index is 13.5. The van der Waals surface area contributed by atoms with E-state index in [9.17, 15) is 14.0 Å². The van der Waals surface area contributed by atoms with Crippen LogP contribution in [-0.2, 0) is 16.0 Å². The summed E-state index contributed by atoms with van der Waals surface area (Å²) in [6.07, 6.45) is -0.153. The molecule has 0 fully saturated rings. The van der Waals surface area contributed by atoms with Gasteiger partial charge < -0.3 is 10.1 Å². The number of hydrogen-bond donors (Lipinski definition) is 1. The van der Waals surface area contributed by atoms with Crippen molar-refractivity contribution in [2.45, 2.75) is 6.42 Å². The van der Waals surface area contributed by atoms with E-state index in [4.69, 9.17) is 11.6 Å². The zero-order valence-corrected chi connectivity index (χ0v) is 12.5. The summed E-state index contributed by atoms with van der Waals surface area (Å²) in [4.78, 5) is 23.7. The van der Waals surface area contributed by atoms with Crippen molar-refractivity contribution in [1.82, 2.24) is 0 Å². The molecule has 0 saturated carbocycles. The SMILES string of the molecule is COC(=O)c1ccc(Cl)cc1NC(=O)Cc1ccccc1F. The molecule has 22 heavy (non-hydrogen) atoms. The Hall–Kier alpha value is -2.40. The van der Waals surface area contributed by atoms with Crippen molar-refractivity contribution in [2.24, 2.45) is 0 Å². The number of esters is 1. The minimum atomic E-state index is -0.599. The Labute approximate surface area is 131 Å². The Balaban J connectivity index is 2.19. The second-order valence-electron chi connectivity index (χ2n) is 4.50. The molecule has 0 bridgehead atoms. The van der Waals surface area contributed by atoms with Gasteiger partial charge in [-0.25, -0.2) is 9.18 Å². The van der Waals surface area contributed by atoms with Gasteiger partial charge >= 0.3 is 5.97 Å². The second kappa shape index (κ2) is 7.04. The van der Waals surface area contributed by atoms with Crippen LogP contribution in [0, 0.1) is 5.82 Å². The first-order valence-corrected chi connectivity index (χ1v) is 6.80. The van der Waals surface area contributed by atoms with Crippen molar-refractivity contribution in [3.05, 3.63) is 64.4 Å². The minimum absolute atomic E-state index is 0.153. The molecular weight excluding hydrogens is 309 g/mol. The molecule has 0 aliphatic carbocycles. The van der Waals surface area contributed by atoms with Crippen LogP contribution in [0.3, 0.4) is 0 Å². The van der Waals surface area contributed by atoms with Gasteiger partial charge in [0.2, 0.25) is 5.91 Å². The monoisotopic (exact) mass is 321 g/mol. The molecule has 2 aromatic carbocycles. The Morgan fingerprint density at radius 2 is 1.95 bits per heavy atom. The second-order valence-corrected chi connectivity index (χ2v) is 4.93. The lowest BCUT2D eigenvalue weighted by atomic mass is 10.1. The van der Waals surface area contributed by atoms with Crippen LogP contribution in [-0.4, -0.2) is 19.0 Å². The zero-order valence-electron chi connectivity index (χ0n) is 11.7. The third kappa shape index (κ3) is 3.83. The maximum absolute atomic E-state index is 13.5. The number of nitrogens with one attached hydrogen (secondary N) is 1. The number of benzene rings is 2. The van der Waals surface area contributed by atoms with E-state index in [0.29, 0.717) is 5.02 Å². The van der Waals surface area contributed by atoms with Gasteiger partial charge in [0, 0.05) is 5.02 Å². The van der Waals surface area contributed by atoms with Gasteiger partial charge in [0.05, 0.1) is 24.8 Å². The summed E-state index contributed by atoms with van der Waals surface area (Å²) in [7, 11) is 1.24. The van der Waals surface area contributed by atoms with E-state index in [2.05, 4.69) is 10.1 Å². The van der Waals surface area contributed by atoms with Crippen LogP contribution in [0.5, 0.6) is 0 Å². The van der Waals surface area contributed by atoms with Crippen LogP contribution in [0.2, 0.25) is 5.02 Å². The highest BCUT2D eigenvalue weighted by Crippen LogP contribution is 2.22. The summed E-state index contributed by atoms with van der Waals surface area (Å²) in [6, 6.07) is 10.4. The predicted molar refractivity (Wildman–Crippen MR) is 81.5 cm³/mol. The van der Waals surface area contributed by atoms with Gasteiger partial charge in [-0.2, -0.15) is 0 Å². The normalized spacial score (nSPS) is 10.1. The molecule has 0 spiro atoms. The fourth-order valence-electron chi connectivity index (χ4n) is 1.92. The number of anilines is 1. The van der Waals surface area contributed by atoms with Crippen molar-refractivity contribution in [3.63, 3.8) is 0 Å². The van der Waals surface area contributed by atoms with E-state index in [1.807, 2.05) is 0 Å². The molecule has 4 nitrogen and oxygen atoms in total. The van der Waals surface area contributed by atoms with Crippen LogP contribution in [0.1, 0.15) is 15.9 Å². The summed E-state index contributed by atoms with van der Waals surface area (Å²) in [5, 5.41) is 2.91. The minimum Gasteiger partial charge on any atom is -0.465 e. The Morgan fingerprint density at radius 3 is 2.64 bits per heavy atom. The smallest absolute Gasteiger partial charge is 0.339 e. The van der Waals surface area contributed by atoms with Crippen molar-refractivity contribution >= 4 is 29.2 Å². The molecule has 2 aromatic rings. The number of rotatable bonds is 4. The Bertz CT molecular complexity index is 718. The zero-order chi connectivity index (χ0) is 16.1. The number of methoxy groups -OCH3 is 1. The lowest BCUT2D eigenvalue weighted by molar-refractivity contribution is -0.115. The lowest BCUT2D eigenvalue weighted by Gasteiger charge is -2.10. The van der Waals surface area contributed by atoms with Gasteiger partial charge in [-0.15, -0.1) is 0 Å². The average molecular weight is 322 g/mol. The van der Waals surface area contributed by atoms with Crippen LogP contribution >= 0.6 is 11.6 Å². The van der Waals surface area contributed by atoms with E-state index in [1.54, 1.807) is 12.1 Å². The Morgan fingerprint density at radius 1 is 1.23 bits per heavy atom. The molecule has 0 unspecified atom stereocenters. The van der Waals surface area contributed by atoms with Crippen molar-refractivity contribution in [1.29, 1.82) is 0 Å². The number of carbonyl (C=O) groups is 2. The van der Waals surface area contributed by atoms with Crippen LogP contribution in [0.25, 0.3) is 0 Å². The maximum Gasteiger partial charge on any atom is 0.339 e. The fraction of sp³-hybridized carbons (Fsp3) is 0.125. The molecule has 0 radical (unpaired) electrons. The summed E-state index contributed by atoms with van der Waals surface area (Å²) in [5.74, 6) is -1.52. The van der Waals surface area contributed by atoms with Crippen molar-refractivity contribution in [2.75, 3.05) is 12.4 Å². The molecule has 1 amide bonds. The largest absolute Gasteiger partial charge is 0.465 e. The van der Waals surface area contributed by atoms with E-state index >= 15 is 0 Å². The molecule has 1 N–H and O–H groups in total. The predicted octanol–water partition coefficient (Wildman–Crippen LogP) is 3.45. The Kier molecular flexibility index (Phi) is 5.12. The summed E-state index contributed by atoms with van der Waals surface area (Å²) in [6.45, 7) is 0. The molecule has 114 valence electrons. The number of hydrogen-bond acceptors (Lipinski definition) is 3. The van der Waals surface area contributed by atoms with Crippen LogP contribution in [0.4, 0.5) is 10.1 Å². The van der Waals surface area contributed by atoms with Gasteiger partial charge in [-0.3, -0.25) is 4.79 Å². The van der Waals surface area contributed by atoms with E-state index in [0.717, 1.165) is 0 Å². The highest BCUT2D eigenvalue weighted by molar-refractivity contribution is 6.31. The number of ether oxygens (including phenoxy) is 1. The topological polar surface area (TPSA) is 55.4 Å². The average Bonchev–Trinajstić information content (AvgIpc) is 2.49. The molecule has 0 atom stereocenters. The standard InChI is InChI=1S/C16H13ClFNO3/c1-22-16(21)12-7-6-11(17)9-14(12)19-15(20)8-10-4-2-3-5-13(10)18/h2-7,9H,8H2,1H3,(H,19,20). The first-order chi connectivity index (χ1) is 10.5.